The van der Waals surface area contributed by atoms with Crippen molar-refractivity contribution >= 4 is 11.8 Å². The van der Waals surface area contributed by atoms with E-state index in [4.69, 9.17) is 4.74 Å². The van der Waals surface area contributed by atoms with Crippen LogP contribution < -0.4 is 4.74 Å². The Morgan fingerprint density at radius 2 is 1.71 bits per heavy atom. The van der Waals surface area contributed by atoms with E-state index >= 15 is 0 Å². The van der Waals surface area contributed by atoms with E-state index in [0.29, 0.717) is 11.3 Å². The molecule has 0 atom stereocenters. The Kier molecular flexibility index (Phi) is 3.52. The monoisotopic (exact) mass is 284 g/mol. The van der Waals surface area contributed by atoms with Crippen LogP contribution in [-0.2, 0) is 4.79 Å². The highest BCUT2D eigenvalue weighted by Crippen LogP contribution is 2.30. The Morgan fingerprint density at radius 1 is 1.00 bits per heavy atom. The Morgan fingerprint density at radius 3 is 2.33 bits per heavy atom. The fraction of sp³-hybridized carbons (Fsp3) is 0.176. The second-order valence-electron chi connectivity index (χ2n) is 5.06. The fourth-order valence-corrected chi connectivity index (χ4v) is 1.99. The van der Waals surface area contributed by atoms with Crippen molar-refractivity contribution in [2.24, 2.45) is 5.92 Å². The van der Waals surface area contributed by atoms with Gasteiger partial charge in [-0.15, -0.1) is 0 Å². The SMILES string of the molecule is O=C(c1ccc(OC(=O)C2CC2)cc1)c1cccc(F)c1. The van der Waals surface area contributed by atoms with Crippen molar-refractivity contribution in [2.45, 2.75) is 12.8 Å². The van der Waals surface area contributed by atoms with Crippen molar-refractivity contribution in [3.05, 3.63) is 65.5 Å². The molecule has 0 spiro atoms. The van der Waals surface area contributed by atoms with Gasteiger partial charge < -0.3 is 4.74 Å². The zero-order valence-electron chi connectivity index (χ0n) is 11.2. The first kappa shape index (κ1) is 13.5. The molecule has 2 aromatic rings. The molecule has 3 nitrogen and oxygen atoms in total. The number of hydrogen-bond acceptors (Lipinski definition) is 3. The molecule has 1 saturated carbocycles. The highest BCUT2D eigenvalue weighted by atomic mass is 19.1. The van der Waals surface area contributed by atoms with Crippen LogP contribution in [0, 0.1) is 11.7 Å². The van der Waals surface area contributed by atoms with Crippen LogP contribution in [0.2, 0.25) is 0 Å². The molecule has 0 unspecified atom stereocenters. The fourth-order valence-electron chi connectivity index (χ4n) is 1.99. The lowest BCUT2D eigenvalue weighted by molar-refractivity contribution is -0.135. The predicted molar refractivity (Wildman–Crippen MR) is 74.6 cm³/mol. The average molecular weight is 284 g/mol. The Bertz CT molecular complexity index is 687. The van der Waals surface area contributed by atoms with Gasteiger partial charge in [0.15, 0.2) is 5.78 Å². The lowest BCUT2D eigenvalue weighted by Gasteiger charge is -2.05. The molecule has 0 radical (unpaired) electrons. The molecule has 1 fully saturated rings. The lowest BCUT2D eigenvalue weighted by Crippen LogP contribution is -2.10. The summed E-state index contributed by atoms with van der Waals surface area (Å²) in [5.41, 5.74) is 0.713. The van der Waals surface area contributed by atoms with E-state index in [1.807, 2.05) is 0 Å². The minimum absolute atomic E-state index is 0.0265. The summed E-state index contributed by atoms with van der Waals surface area (Å²) >= 11 is 0. The topological polar surface area (TPSA) is 43.4 Å². The van der Waals surface area contributed by atoms with E-state index in [-0.39, 0.29) is 23.2 Å². The Labute approximate surface area is 121 Å². The van der Waals surface area contributed by atoms with Gasteiger partial charge in [-0.2, -0.15) is 0 Å². The summed E-state index contributed by atoms with van der Waals surface area (Å²) in [6.07, 6.45) is 1.77. The first-order valence-electron chi connectivity index (χ1n) is 6.75. The third-order valence-electron chi connectivity index (χ3n) is 3.33. The van der Waals surface area contributed by atoms with Crippen LogP contribution in [0.4, 0.5) is 4.39 Å². The van der Waals surface area contributed by atoms with Gasteiger partial charge in [-0.3, -0.25) is 9.59 Å². The van der Waals surface area contributed by atoms with Crippen LogP contribution in [0.3, 0.4) is 0 Å². The Balaban J connectivity index is 1.74. The smallest absolute Gasteiger partial charge is 0.314 e. The van der Waals surface area contributed by atoms with Crippen molar-refractivity contribution in [1.82, 2.24) is 0 Å². The van der Waals surface area contributed by atoms with Crippen molar-refractivity contribution in [1.29, 1.82) is 0 Å². The largest absolute Gasteiger partial charge is 0.426 e. The van der Waals surface area contributed by atoms with Crippen LogP contribution in [0.5, 0.6) is 5.75 Å². The van der Waals surface area contributed by atoms with E-state index in [9.17, 15) is 14.0 Å². The van der Waals surface area contributed by atoms with E-state index in [2.05, 4.69) is 0 Å². The first-order valence-corrected chi connectivity index (χ1v) is 6.75. The third-order valence-corrected chi connectivity index (χ3v) is 3.33. The third kappa shape index (κ3) is 3.16. The van der Waals surface area contributed by atoms with Crippen LogP contribution in [0.1, 0.15) is 28.8 Å². The van der Waals surface area contributed by atoms with Crippen molar-refractivity contribution in [3.63, 3.8) is 0 Å². The van der Waals surface area contributed by atoms with E-state index in [0.717, 1.165) is 12.8 Å². The maximum absolute atomic E-state index is 13.1. The molecule has 2 aromatic carbocycles. The minimum atomic E-state index is -0.448. The number of benzene rings is 2. The van der Waals surface area contributed by atoms with Gasteiger partial charge in [-0.05, 0) is 49.2 Å². The molecular formula is C17H13FO3. The normalized spacial score (nSPS) is 13.8. The molecule has 0 saturated heterocycles. The molecule has 1 aliphatic carbocycles. The van der Waals surface area contributed by atoms with Gasteiger partial charge in [0, 0.05) is 11.1 Å². The van der Waals surface area contributed by atoms with E-state index in [1.54, 1.807) is 30.3 Å². The van der Waals surface area contributed by atoms with Gasteiger partial charge in [-0.1, -0.05) is 12.1 Å². The molecule has 3 rings (SSSR count). The second-order valence-corrected chi connectivity index (χ2v) is 5.06. The van der Waals surface area contributed by atoms with Crippen LogP contribution in [0.25, 0.3) is 0 Å². The van der Waals surface area contributed by atoms with Crippen LogP contribution in [0.15, 0.2) is 48.5 Å². The quantitative estimate of drug-likeness (QED) is 0.491. The zero-order chi connectivity index (χ0) is 14.8. The second kappa shape index (κ2) is 5.48. The summed E-state index contributed by atoms with van der Waals surface area (Å²) < 4.78 is 18.3. The van der Waals surface area contributed by atoms with Gasteiger partial charge in [0.05, 0.1) is 5.92 Å². The summed E-state index contributed by atoms with van der Waals surface area (Å²) in [7, 11) is 0. The van der Waals surface area contributed by atoms with Gasteiger partial charge in [0.25, 0.3) is 0 Å². The molecule has 0 N–H and O–H groups in total. The van der Waals surface area contributed by atoms with Gasteiger partial charge in [0.1, 0.15) is 11.6 Å². The number of rotatable bonds is 4. The molecular weight excluding hydrogens is 271 g/mol. The van der Waals surface area contributed by atoms with E-state index in [1.165, 1.54) is 18.2 Å². The standard InChI is InChI=1S/C17H13FO3/c18-14-3-1-2-13(10-14)16(19)11-6-8-15(9-7-11)21-17(20)12-4-5-12/h1-3,6-10,12H,4-5H2. The first-order chi connectivity index (χ1) is 10.1. The van der Waals surface area contributed by atoms with Crippen molar-refractivity contribution in [2.75, 3.05) is 0 Å². The number of ketones is 1. The molecule has 1 aliphatic rings. The summed E-state index contributed by atoms with van der Waals surface area (Å²) in [5.74, 6) is -0.495. The van der Waals surface area contributed by atoms with Crippen LogP contribution in [-0.4, -0.2) is 11.8 Å². The molecule has 106 valence electrons. The zero-order valence-corrected chi connectivity index (χ0v) is 11.2. The molecule has 0 bridgehead atoms. The minimum Gasteiger partial charge on any atom is -0.426 e. The van der Waals surface area contributed by atoms with Crippen molar-refractivity contribution in [3.8, 4) is 5.75 Å². The molecule has 0 aromatic heterocycles. The maximum atomic E-state index is 13.1. The number of carbonyl (C=O) groups excluding carboxylic acids is 2. The molecule has 0 heterocycles. The summed E-state index contributed by atoms with van der Waals surface area (Å²) in [6, 6.07) is 11.8. The summed E-state index contributed by atoms with van der Waals surface area (Å²) in [5, 5.41) is 0. The molecule has 0 aliphatic heterocycles. The molecule has 0 amide bonds. The molecule has 4 heteroatoms. The van der Waals surface area contributed by atoms with Gasteiger partial charge in [0.2, 0.25) is 0 Å². The number of esters is 1. The van der Waals surface area contributed by atoms with Gasteiger partial charge >= 0.3 is 5.97 Å². The van der Waals surface area contributed by atoms with Crippen LogP contribution >= 0.6 is 0 Å². The van der Waals surface area contributed by atoms with Gasteiger partial charge in [-0.25, -0.2) is 4.39 Å². The maximum Gasteiger partial charge on any atom is 0.314 e. The summed E-state index contributed by atoms with van der Waals surface area (Å²) in [4.78, 5) is 23.7. The summed E-state index contributed by atoms with van der Waals surface area (Å²) in [6.45, 7) is 0. The number of halogens is 1. The highest BCUT2D eigenvalue weighted by molar-refractivity contribution is 6.09. The highest BCUT2D eigenvalue weighted by Gasteiger charge is 2.31. The van der Waals surface area contributed by atoms with Crippen molar-refractivity contribution < 1.29 is 18.7 Å². The lowest BCUT2D eigenvalue weighted by atomic mass is 10.0. The number of hydrogen-bond donors (Lipinski definition) is 0. The molecule has 21 heavy (non-hydrogen) atoms. The predicted octanol–water partition coefficient (Wildman–Crippen LogP) is 3.37. The number of carbonyl (C=O) groups is 2. The number of ether oxygens (including phenoxy) is 1. The Hall–Kier alpha value is -2.49. The average Bonchev–Trinajstić information content (AvgIpc) is 3.32. The van der Waals surface area contributed by atoms with E-state index < -0.39 is 5.82 Å².